The Balaban J connectivity index is 0.00000484. The molecule has 1 rings (SSSR count). The third-order valence-corrected chi connectivity index (χ3v) is 4.06. The molecule has 1 fully saturated rings. The van der Waals surface area contributed by atoms with Gasteiger partial charge in [-0.2, -0.15) is 13.2 Å². The molecule has 1 atom stereocenters. The molecule has 1 saturated heterocycles. The van der Waals surface area contributed by atoms with Crippen LogP contribution in [0.3, 0.4) is 0 Å². The van der Waals surface area contributed by atoms with Crippen LogP contribution < -0.4 is 5.73 Å². The molecule has 0 saturated carbocycles. The smallest absolute Gasteiger partial charge is 0.332 e. The van der Waals surface area contributed by atoms with Crippen LogP contribution in [-0.4, -0.2) is 60.6 Å². The Labute approximate surface area is 143 Å². The Bertz CT molecular complexity index is 389. The summed E-state index contributed by atoms with van der Waals surface area (Å²) in [5.41, 5.74) is 5.91. The standard InChI is InChI=1S/C15H28F3N3O.ClH/c1-11(2)7-21(10-15(16,17)18)13(22)8-20-6-5-12(19)14(3,4)9-20;/h11-12H,5-10,19H2,1-4H3;1H. The largest absolute Gasteiger partial charge is 0.406 e. The predicted octanol–water partition coefficient (Wildman–Crippen LogP) is 2.51. The Morgan fingerprint density at radius 1 is 1.39 bits per heavy atom. The molecule has 0 aromatic carbocycles. The number of rotatable bonds is 5. The quantitative estimate of drug-likeness (QED) is 0.820. The van der Waals surface area contributed by atoms with Crippen LogP contribution in [0.15, 0.2) is 0 Å². The summed E-state index contributed by atoms with van der Waals surface area (Å²) in [4.78, 5) is 15.1. The zero-order valence-corrected chi connectivity index (χ0v) is 15.1. The molecule has 1 heterocycles. The lowest BCUT2D eigenvalue weighted by molar-refractivity contribution is -0.163. The van der Waals surface area contributed by atoms with Gasteiger partial charge in [0.1, 0.15) is 6.54 Å². The van der Waals surface area contributed by atoms with Crippen LogP contribution in [0.1, 0.15) is 34.1 Å². The number of hydrogen-bond donors (Lipinski definition) is 1. The van der Waals surface area contributed by atoms with Crippen molar-refractivity contribution >= 4 is 18.3 Å². The SMILES string of the molecule is CC(C)CN(CC(F)(F)F)C(=O)CN1CCC(N)C(C)(C)C1.Cl. The highest BCUT2D eigenvalue weighted by Gasteiger charge is 2.36. The van der Waals surface area contributed by atoms with Crippen LogP contribution in [0.4, 0.5) is 13.2 Å². The van der Waals surface area contributed by atoms with E-state index in [0.29, 0.717) is 13.1 Å². The first-order chi connectivity index (χ1) is 9.90. The van der Waals surface area contributed by atoms with Gasteiger partial charge >= 0.3 is 6.18 Å². The fourth-order valence-electron chi connectivity index (χ4n) is 2.82. The monoisotopic (exact) mass is 359 g/mol. The van der Waals surface area contributed by atoms with E-state index in [2.05, 4.69) is 0 Å². The predicted molar refractivity (Wildman–Crippen MR) is 87.5 cm³/mol. The van der Waals surface area contributed by atoms with Crippen molar-refractivity contribution in [3.05, 3.63) is 0 Å². The summed E-state index contributed by atoms with van der Waals surface area (Å²) in [5.74, 6) is -0.463. The molecular weight excluding hydrogens is 331 g/mol. The third-order valence-electron chi connectivity index (χ3n) is 4.06. The summed E-state index contributed by atoms with van der Waals surface area (Å²) < 4.78 is 37.9. The average molecular weight is 360 g/mol. The van der Waals surface area contributed by atoms with Gasteiger partial charge in [-0.25, -0.2) is 0 Å². The first-order valence-corrected chi connectivity index (χ1v) is 7.73. The molecule has 8 heteroatoms. The van der Waals surface area contributed by atoms with Gasteiger partial charge in [0.2, 0.25) is 5.91 Å². The number of nitrogens with zero attached hydrogens (tertiary/aromatic N) is 2. The Hall–Kier alpha value is -0.530. The van der Waals surface area contributed by atoms with E-state index in [0.717, 1.165) is 11.3 Å². The highest BCUT2D eigenvalue weighted by molar-refractivity contribution is 5.85. The minimum Gasteiger partial charge on any atom is -0.332 e. The van der Waals surface area contributed by atoms with Gasteiger partial charge in [-0.3, -0.25) is 9.69 Å². The summed E-state index contributed by atoms with van der Waals surface area (Å²) >= 11 is 0. The van der Waals surface area contributed by atoms with Crippen LogP contribution in [0.25, 0.3) is 0 Å². The lowest BCUT2D eigenvalue weighted by atomic mass is 9.80. The van der Waals surface area contributed by atoms with E-state index < -0.39 is 18.6 Å². The van der Waals surface area contributed by atoms with Crippen molar-refractivity contribution in [2.75, 3.05) is 32.7 Å². The number of hydrogen-bond acceptors (Lipinski definition) is 3. The molecule has 23 heavy (non-hydrogen) atoms. The van der Waals surface area contributed by atoms with Crippen molar-refractivity contribution in [3.63, 3.8) is 0 Å². The van der Waals surface area contributed by atoms with Gasteiger partial charge in [0.05, 0.1) is 6.54 Å². The van der Waals surface area contributed by atoms with Crippen molar-refractivity contribution < 1.29 is 18.0 Å². The molecule has 0 bridgehead atoms. The maximum Gasteiger partial charge on any atom is 0.406 e. The van der Waals surface area contributed by atoms with Gasteiger partial charge < -0.3 is 10.6 Å². The van der Waals surface area contributed by atoms with E-state index in [1.807, 2.05) is 18.7 Å². The van der Waals surface area contributed by atoms with Gasteiger partial charge in [0.25, 0.3) is 0 Å². The number of carbonyl (C=O) groups is 1. The Morgan fingerprint density at radius 3 is 2.39 bits per heavy atom. The number of nitrogens with two attached hydrogens (primary N) is 1. The maximum atomic E-state index is 12.6. The van der Waals surface area contributed by atoms with Crippen LogP contribution >= 0.6 is 12.4 Å². The second kappa shape index (κ2) is 8.53. The molecule has 1 aliphatic rings. The summed E-state index contributed by atoms with van der Waals surface area (Å²) in [6.07, 6.45) is -3.61. The fourth-order valence-corrected chi connectivity index (χ4v) is 2.82. The summed E-state index contributed by atoms with van der Waals surface area (Å²) in [5, 5.41) is 0. The number of alkyl halides is 3. The van der Waals surface area contributed by atoms with Crippen molar-refractivity contribution in [1.29, 1.82) is 0 Å². The highest BCUT2D eigenvalue weighted by Crippen LogP contribution is 2.27. The van der Waals surface area contributed by atoms with Crippen LogP contribution in [0.2, 0.25) is 0 Å². The van der Waals surface area contributed by atoms with Crippen LogP contribution in [0, 0.1) is 11.3 Å². The van der Waals surface area contributed by atoms with Gasteiger partial charge in [0.15, 0.2) is 0 Å². The molecule has 1 aliphatic heterocycles. The van der Waals surface area contributed by atoms with E-state index in [-0.39, 0.29) is 42.9 Å². The van der Waals surface area contributed by atoms with Crippen molar-refractivity contribution in [3.8, 4) is 0 Å². The van der Waals surface area contributed by atoms with Crippen molar-refractivity contribution in [2.24, 2.45) is 17.1 Å². The number of piperidine rings is 1. The van der Waals surface area contributed by atoms with E-state index in [4.69, 9.17) is 5.73 Å². The maximum absolute atomic E-state index is 12.6. The van der Waals surface area contributed by atoms with E-state index >= 15 is 0 Å². The van der Waals surface area contributed by atoms with Crippen LogP contribution in [0.5, 0.6) is 0 Å². The first-order valence-electron chi connectivity index (χ1n) is 7.73. The van der Waals surface area contributed by atoms with Gasteiger partial charge in [-0.05, 0) is 17.8 Å². The third kappa shape index (κ3) is 7.72. The molecule has 0 radical (unpaired) electrons. The molecule has 0 aromatic rings. The topological polar surface area (TPSA) is 49.6 Å². The summed E-state index contributed by atoms with van der Waals surface area (Å²) in [7, 11) is 0. The first kappa shape index (κ1) is 22.5. The van der Waals surface area contributed by atoms with E-state index in [9.17, 15) is 18.0 Å². The molecule has 1 amide bonds. The molecule has 2 N–H and O–H groups in total. The van der Waals surface area contributed by atoms with Crippen molar-refractivity contribution in [1.82, 2.24) is 9.80 Å². The fraction of sp³-hybridized carbons (Fsp3) is 0.933. The lowest BCUT2D eigenvalue weighted by Crippen LogP contribution is -2.55. The molecule has 0 aliphatic carbocycles. The highest BCUT2D eigenvalue weighted by atomic mass is 35.5. The number of carbonyl (C=O) groups excluding carboxylic acids is 1. The average Bonchev–Trinajstić information content (AvgIpc) is 2.30. The minimum atomic E-state index is -4.37. The van der Waals surface area contributed by atoms with Gasteiger partial charge in [-0.1, -0.05) is 27.7 Å². The molecule has 0 spiro atoms. The van der Waals surface area contributed by atoms with E-state index in [1.165, 1.54) is 0 Å². The summed E-state index contributed by atoms with van der Waals surface area (Å²) in [6, 6.07) is 0.0563. The molecule has 1 unspecified atom stereocenters. The second-order valence-corrected chi connectivity index (χ2v) is 7.38. The van der Waals surface area contributed by atoms with Crippen molar-refractivity contribution in [2.45, 2.75) is 46.3 Å². The zero-order chi connectivity index (χ0) is 17.1. The number of amides is 1. The van der Waals surface area contributed by atoms with Gasteiger partial charge in [-0.15, -0.1) is 12.4 Å². The Kier molecular flexibility index (Phi) is 8.34. The van der Waals surface area contributed by atoms with E-state index in [1.54, 1.807) is 13.8 Å². The molecule has 138 valence electrons. The number of halogens is 4. The Morgan fingerprint density at radius 2 is 1.96 bits per heavy atom. The lowest BCUT2D eigenvalue weighted by Gasteiger charge is -2.42. The van der Waals surface area contributed by atoms with Gasteiger partial charge in [0, 0.05) is 25.7 Å². The van der Waals surface area contributed by atoms with Crippen LogP contribution in [-0.2, 0) is 4.79 Å². The molecular formula is C15H29ClF3N3O. The second-order valence-electron chi connectivity index (χ2n) is 7.38. The summed E-state index contributed by atoms with van der Waals surface area (Å²) in [6.45, 7) is 7.90. The minimum absolute atomic E-state index is 0. The molecule has 4 nitrogen and oxygen atoms in total. The normalized spacial score (nSPS) is 21.9. The zero-order valence-electron chi connectivity index (χ0n) is 14.3. The number of likely N-dealkylation sites (tertiary alicyclic amines) is 1. The molecule has 0 aromatic heterocycles.